The molecule has 1 heterocycles. The number of alkyl halides is 1. The second-order valence-corrected chi connectivity index (χ2v) is 6.70. The molecule has 0 saturated heterocycles. The van der Waals surface area contributed by atoms with Gasteiger partial charge in [0.15, 0.2) is 11.7 Å². The van der Waals surface area contributed by atoms with E-state index in [4.69, 9.17) is 4.42 Å². The van der Waals surface area contributed by atoms with Crippen LogP contribution in [0.15, 0.2) is 22.1 Å². The van der Waals surface area contributed by atoms with Crippen LogP contribution >= 0.6 is 0 Å². The van der Waals surface area contributed by atoms with Crippen molar-refractivity contribution >= 4 is 5.57 Å². The average Bonchev–Trinajstić information content (AvgIpc) is 2.85. The van der Waals surface area contributed by atoms with E-state index in [0.717, 1.165) is 22.6 Å². The molecule has 1 unspecified atom stereocenters. The van der Waals surface area contributed by atoms with Crippen LogP contribution < -0.4 is 0 Å². The van der Waals surface area contributed by atoms with Gasteiger partial charge in [0.2, 0.25) is 0 Å². The summed E-state index contributed by atoms with van der Waals surface area (Å²) in [6.45, 7) is 5.38. The molecule has 3 heteroatoms. The molecular weight excluding hydrogens is 265 g/mol. The molecule has 0 amide bonds. The first-order valence-electron chi connectivity index (χ1n) is 8.02. The van der Waals surface area contributed by atoms with Crippen LogP contribution in [-0.2, 0) is 0 Å². The molecule has 0 aromatic carbocycles. The lowest BCUT2D eigenvalue weighted by molar-refractivity contribution is 0.243. The minimum Gasteiger partial charge on any atom is -0.441 e. The lowest BCUT2D eigenvalue weighted by Gasteiger charge is -2.27. The Kier molecular flexibility index (Phi) is 3.76. The zero-order valence-electron chi connectivity index (χ0n) is 13.2. The fourth-order valence-electron chi connectivity index (χ4n) is 3.44. The SMILES string of the molecule is CC1=CC=C(c2oc(C)nc2C2CCCCC2)CC1(C)F. The second-order valence-electron chi connectivity index (χ2n) is 6.70. The highest BCUT2D eigenvalue weighted by atomic mass is 19.1. The highest BCUT2D eigenvalue weighted by Crippen LogP contribution is 2.42. The summed E-state index contributed by atoms with van der Waals surface area (Å²) in [5.74, 6) is 2.00. The highest BCUT2D eigenvalue weighted by Gasteiger charge is 2.33. The minimum atomic E-state index is -1.28. The number of halogens is 1. The first-order chi connectivity index (χ1) is 9.97. The summed E-state index contributed by atoms with van der Waals surface area (Å²) in [5.41, 5.74) is 1.50. The van der Waals surface area contributed by atoms with Gasteiger partial charge in [0.05, 0.1) is 5.69 Å². The van der Waals surface area contributed by atoms with Gasteiger partial charge >= 0.3 is 0 Å². The van der Waals surface area contributed by atoms with E-state index in [1.807, 2.05) is 26.0 Å². The van der Waals surface area contributed by atoms with Crippen molar-refractivity contribution in [2.75, 3.05) is 0 Å². The number of nitrogens with zero attached hydrogens (tertiary/aromatic N) is 1. The molecule has 0 aliphatic heterocycles. The monoisotopic (exact) mass is 289 g/mol. The zero-order valence-corrected chi connectivity index (χ0v) is 13.2. The maximum absolute atomic E-state index is 14.6. The number of oxazole rings is 1. The van der Waals surface area contributed by atoms with Crippen LogP contribution in [0.3, 0.4) is 0 Å². The maximum Gasteiger partial charge on any atom is 0.192 e. The third kappa shape index (κ3) is 2.83. The molecule has 3 rings (SSSR count). The quantitative estimate of drug-likeness (QED) is 0.719. The minimum absolute atomic E-state index is 0.379. The van der Waals surface area contributed by atoms with Crippen molar-refractivity contribution in [2.24, 2.45) is 0 Å². The molecule has 0 bridgehead atoms. The Morgan fingerprint density at radius 1 is 1.19 bits per heavy atom. The number of allylic oxidation sites excluding steroid dienone is 4. The van der Waals surface area contributed by atoms with E-state index < -0.39 is 5.67 Å². The first-order valence-corrected chi connectivity index (χ1v) is 8.02. The fourth-order valence-corrected chi connectivity index (χ4v) is 3.44. The summed E-state index contributed by atoms with van der Waals surface area (Å²) >= 11 is 0. The molecule has 1 saturated carbocycles. The molecule has 0 N–H and O–H groups in total. The van der Waals surface area contributed by atoms with Crippen molar-refractivity contribution in [3.05, 3.63) is 35.1 Å². The lowest BCUT2D eigenvalue weighted by Crippen LogP contribution is -2.22. The lowest BCUT2D eigenvalue weighted by atomic mass is 9.82. The van der Waals surface area contributed by atoms with E-state index in [0.29, 0.717) is 18.2 Å². The fraction of sp³-hybridized carbons (Fsp3) is 0.611. The Morgan fingerprint density at radius 3 is 2.57 bits per heavy atom. The summed E-state index contributed by atoms with van der Waals surface area (Å²) in [7, 11) is 0. The third-order valence-electron chi connectivity index (χ3n) is 4.92. The van der Waals surface area contributed by atoms with E-state index in [9.17, 15) is 4.39 Å². The molecular formula is C18H24FNO. The largest absolute Gasteiger partial charge is 0.441 e. The van der Waals surface area contributed by atoms with Gasteiger partial charge in [-0.15, -0.1) is 0 Å². The standard InChI is InChI=1S/C18H24FNO/c1-12-9-10-15(11-18(12,3)19)17-16(20-13(2)21-17)14-7-5-4-6-8-14/h9-10,14H,4-8,11H2,1-3H3. The van der Waals surface area contributed by atoms with Gasteiger partial charge in [0.1, 0.15) is 5.67 Å². The molecule has 2 nitrogen and oxygen atoms in total. The molecule has 0 spiro atoms. The van der Waals surface area contributed by atoms with Gasteiger partial charge in [0.25, 0.3) is 0 Å². The Morgan fingerprint density at radius 2 is 1.90 bits per heavy atom. The van der Waals surface area contributed by atoms with Crippen LogP contribution in [0.1, 0.15) is 75.6 Å². The van der Waals surface area contributed by atoms with Crippen LogP contribution in [0.5, 0.6) is 0 Å². The first kappa shape index (κ1) is 14.6. The summed E-state index contributed by atoms with van der Waals surface area (Å²) in [4.78, 5) is 4.63. The number of aryl methyl sites for hydroxylation is 1. The van der Waals surface area contributed by atoms with Gasteiger partial charge in [-0.25, -0.2) is 9.37 Å². The zero-order chi connectivity index (χ0) is 15.0. The smallest absolute Gasteiger partial charge is 0.192 e. The van der Waals surface area contributed by atoms with Crippen molar-refractivity contribution in [3.63, 3.8) is 0 Å². The molecule has 114 valence electrons. The molecule has 21 heavy (non-hydrogen) atoms. The number of hydrogen-bond donors (Lipinski definition) is 0. The van der Waals surface area contributed by atoms with Crippen molar-refractivity contribution in [3.8, 4) is 0 Å². The maximum atomic E-state index is 14.6. The van der Waals surface area contributed by atoms with Gasteiger partial charge in [0, 0.05) is 24.8 Å². The van der Waals surface area contributed by atoms with Crippen LogP contribution in [0.2, 0.25) is 0 Å². The number of hydrogen-bond acceptors (Lipinski definition) is 2. The number of rotatable bonds is 2. The van der Waals surface area contributed by atoms with Gasteiger partial charge in [-0.3, -0.25) is 0 Å². The third-order valence-corrected chi connectivity index (χ3v) is 4.92. The highest BCUT2D eigenvalue weighted by molar-refractivity contribution is 5.69. The molecule has 2 aliphatic rings. The van der Waals surface area contributed by atoms with E-state index in [-0.39, 0.29) is 0 Å². The van der Waals surface area contributed by atoms with E-state index in [2.05, 4.69) is 4.98 Å². The predicted molar refractivity (Wildman–Crippen MR) is 82.9 cm³/mol. The summed E-state index contributed by atoms with van der Waals surface area (Å²) < 4.78 is 20.5. The Bertz CT molecular complexity index is 588. The van der Waals surface area contributed by atoms with Crippen LogP contribution in [-0.4, -0.2) is 10.7 Å². The molecule has 1 aromatic rings. The van der Waals surface area contributed by atoms with Gasteiger partial charge in [-0.2, -0.15) is 0 Å². The van der Waals surface area contributed by atoms with Crippen LogP contribution in [0.4, 0.5) is 4.39 Å². The van der Waals surface area contributed by atoms with Crippen molar-refractivity contribution in [1.29, 1.82) is 0 Å². The topological polar surface area (TPSA) is 26.0 Å². The average molecular weight is 289 g/mol. The Balaban J connectivity index is 1.96. The van der Waals surface area contributed by atoms with Crippen molar-refractivity contribution in [2.45, 2.75) is 70.9 Å². The van der Waals surface area contributed by atoms with E-state index in [1.54, 1.807) is 6.92 Å². The molecule has 1 atom stereocenters. The van der Waals surface area contributed by atoms with Gasteiger partial charge in [-0.1, -0.05) is 31.4 Å². The summed E-state index contributed by atoms with van der Waals surface area (Å²) in [5, 5.41) is 0. The van der Waals surface area contributed by atoms with Crippen molar-refractivity contribution < 1.29 is 8.81 Å². The summed E-state index contributed by atoms with van der Waals surface area (Å²) in [6.07, 6.45) is 10.4. The number of aromatic nitrogens is 1. The van der Waals surface area contributed by atoms with Crippen molar-refractivity contribution in [1.82, 2.24) is 4.98 Å². The van der Waals surface area contributed by atoms with Crippen LogP contribution in [0.25, 0.3) is 5.57 Å². The van der Waals surface area contributed by atoms with Gasteiger partial charge in [-0.05, 0) is 32.3 Å². The van der Waals surface area contributed by atoms with E-state index in [1.165, 1.54) is 32.1 Å². The molecule has 2 aliphatic carbocycles. The van der Waals surface area contributed by atoms with Gasteiger partial charge < -0.3 is 4.42 Å². The molecule has 1 fully saturated rings. The second kappa shape index (κ2) is 5.43. The van der Waals surface area contributed by atoms with E-state index >= 15 is 0 Å². The normalized spacial score (nSPS) is 27.4. The Hall–Kier alpha value is -1.38. The molecule has 1 aromatic heterocycles. The summed E-state index contributed by atoms with van der Waals surface area (Å²) in [6, 6.07) is 0. The van der Waals surface area contributed by atoms with Crippen LogP contribution in [0, 0.1) is 6.92 Å². The Labute approximate surface area is 126 Å². The molecule has 0 radical (unpaired) electrons. The predicted octanol–water partition coefficient (Wildman–Crippen LogP) is 5.49.